The van der Waals surface area contributed by atoms with Crippen LogP contribution in [0.25, 0.3) is 11.1 Å². The maximum atomic E-state index is 14.4. The lowest BCUT2D eigenvalue weighted by Gasteiger charge is -2.26. The topological polar surface area (TPSA) is 102 Å². The van der Waals surface area contributed by atoms with Gasteiger partial charge in [0.15, 0.2) is 0 Å². The van der Waals surface area contributed by atoms with Gasteiger partial charge in [0.05, 0.1) is 17.7 Å². The molecule has 1 aliphatic carbocycles. The number of carbonyl (C=O) groups excluding carboxylic acids is 1. The molecule has 1 amide bonds. The van der Waals surface area contributed by atoms with Crippen LogP contribution >= 0.6 is 0 Å². The Morgan fingerprint density at radius 3 is 1.86 bits per heavy atom. The van der Waals surface area contributed by atoms with Crippen LogP contribution in [0.4, 0.5) is 17.6 Å². The molecular weight excluding hydrogens is 490 g/mol. The van der Waals surface area contributed by atoms with Crippen molar-refractivity contribution in [3.8, 4) is 17.2 Å². The Labute approximate surface area is 212 Å². The molecule has 0 heterocycles. The second-order valence-corrected chi connectivity index (χ2v) is 9.69. The molecule has 6 nitrogen and oxygen atoms in total. The van der Waals surface area contributed by atoms with Crippen molar-refractivity contribution in [1.29, 1.82) is 5.26 Å². The third-order valence-electron chi connectivity index (χ3n) is 6.03. The second-order valence-electron chi connectivity index (χ2n) is 9.69. The molecular formula is C27H27F4N3O3. The first kappa shape index (κ1) is 27.7. The van der Waals surface area contributed by atoms with Gasteiger partial charge in [0.25, 0.3) is 5.91 Å². The Hall–Kier alpha value is -3.87. The maximum absolute atomic E-state index is 14.4. The number of halogens is 4. The number of alkyl halides is 4. The number of nitrogens with one attached hydrogen (secondary N) is 2. The van der Waals surface area contributed by atoms with Gasteiger partial charge in [-0.3, -0.25) is 9.59 Å². The van der Waals surface area contributed by atoms with Crippen LogP contribution in [0.1, 0.15) is 56.7 Å². The number of amides is 1. The largest absolute Gasteiger partial charge is 0.481 e. The molecule has 2 aromatic carbocycles. The normalized spacial score (nSPS) is 16.8. The molecule has 1 saturated carbocycles. The summed E-state index contributed by atoms with van der Waals surface area (Å²) in [5, 5.41) is 22.9. The molecule has 2 atom stereocenters. The Morgan fingerprint density at radius 2 is 1.49 bits per heavy atom. The van der Waals surface area contributed by atoms with Gasteiger partial charge in [-0.25, -0.2) is 4.39 Å². The average molecular weight is 518 g/mol. The number of hydrogen-bond acceptors (Lipinski definition) is 4. The van der Waals surface area contributed by atoms with Gasteiger partial charge < -0.3 is 15.7 Å². The second kappa shape index (κ2) is 10.2. The quantitative estimate of drug-likeness (QED) is 0.300. The minimum Gasteiger partial charge on any atom is -0.481 e. The number of hydrogen-bond donors (Lipinski definition) is 3. The highest BCUT2D eigenvalue weighted by Gasteiger charge is 2.46. The Kier molecular flexibility index (Phi) is 7.67. The summed E-state index contributed by atoms with van der Waals surface area (Å²) < 4.78 is 56.6. The molecule has 3 rings (SSSR count). The lowest BCUT2D eigenvalue weighted by Crippen LogP contribution is -2.43. The fraction of sp³-hybridized carbons (Fsp3) is 0.370. The predicted octanol–water partition coefficient (Wildman–Crippen LogP) is 5.54. The number of nitrogens with zero attached hydrogens (tertiary/aromatic N) is 1. The van der Waals surface area contributed by atoms with Crippen LogP contribution < -0.4 is 10.6 Å². The minimum atomic E-state index is -4.83. The number of carbonyl (C=O) groups is 2. The predicted molar refractivity (Wildman–Crippen MR) is 129 cm³/mol. The summed E-state index contributed by atoms with van der Waals surface area (Å²) in [5.74, 6) is -2.67. The summed E-state index contributed by atoms with van der Waals surface area (Å²) in [5.41, 5.74) is -2.21. The highest BCUT2D eigenvalue weighted by molar-refractivity contribution is 5.94. The number of benzene rings is 2. The van der Waals surface area contributed by atoms with E-state index >= 15 is 0 Å². The molecule has 2 aromatic rings. The SMILES string of the molecule is C[C@H](C(=O)O)c1ccc(-c2ccc([C@H](N/C(=C/C(C)(C)F)C(=O)NC3(C#N)CC3)C(F)(F)F)cc2)cc1. The molecule has 0 spiro atoms. The van der Waals surface area contributed by atoms with E-state index < -0.39 is 46.9 Å². The summed E-state index contributed by atoms with van der Waals surface area (Å²) in [6.07, 6.45) is -3.34. The van der Waals surface area contributed by atoms with Crippen LogP contribution in [0.3, 0.4) is 0 Å². The Morgan fingerprint density at radius 1 is 1.00 bits per heavy atom. The van der Waals surface area contributed by atoms with E-state index in [1.165, 1.54) is 24.3 Å². The van der Waals surface area contributed by atoms with Gasteiger partial charge in [0, 0.05) is 0 Å². The highest BCUT2D eigenvalue weighted by Crippen LogP contribution is 2.37. The standard InChI is InChI=1S/C27H27F4N3O3/c1-16(24(36)37)17-4-6-18(7-5-17)19-8-10-20(11-9-19)22(27(29,30)31)33-21(14-25(2,3)28)23(35)34-26(15-32)12-13-26/h4-11,14,16,22,33H,12-13H2,1-3H3,(H,34,35)(H,36,37)/b21-14+/t16-,22-/m0/s1. The molecule has 0 saturated heterocycles. The smallest absolute Gasteiger partial charge is 0.412 e. The van der Waals surface area contributed by atoms with Crippen LogP contribution in [-0.2, 0) is 9.59 Å². The van der Waals surface area contributed by atoms with Crippen molar-refractivity contribution >= 4 is 11.9 Å². The van der Waals surface area contributed by atoms with Gasteiger partial charge in [-0.1, -0.05) is 48.5 Å². The van der Waals surface area contributed by atoms with Crippen LogP contribution in [0.15, 0.2) is 60.3 Å². The molecule has 3 N–H and O–H groups in total. The zero-order valence-corrected chi connectivity index (χ0v) is 20.5. The van der Waals surface area contributed by atoms with E-state index in [0.717, 1.165) is 19.9 Å². The Balaban J connectivity index is 1.88. The molecule has 0 bridgehead atoms. The zero-order chi connectivity index (χ0) is 27.6. The van der Waals surface area contributed by atoms with E-state index in [9.17, 15) is 32.4 Å². The number of nitriles is 1. The van der Waals surface area contributed by atoms with Crippen LogP contribution in [0.5, 0.6) is 0 Å². The van der Waals surface area contributed by atoms with E-state index in [-0.39, 0.29) is 5.56 Å². The van der Waals surface area contributed by atoms with E-state index in [1.807, 2.05) is 6.07 Å². The molecule has 37 heavy (non-hydrogen) atoms. The number of rotatable bonds is 9. The van der Waals surface area contributed by atoms with Crippen molar-refractivity contribution in [3.63, 3.8) is 0 Å². The molecule has 10 heteroatoms. The first-order chi connectivity index (χ1) is 17.1. The molecule has 0 aliphatic heterocycles. The van der Waals surface area contributed by atoms with Gasteiger partial charge in [0.2, 0.25) is 0 Å². The van der Waals surface area contributed by atoms with Gasteiger partial charge in [-0.2, -0.15) is 18.4 Å². The minimum absolute atomic E-state index is 0.204. The van der Waals surface area contributed by atoms with Crippen molar-refractivity contribution in [2.75, 3.05) is 0 Å². The third kappa shape index (κ3) is 7.09. The van der Waals surface area contributed by atoms with Gasteiger partial charge in [0.1, 0.15) is 17.2 Å². The summed E-state index contributed by atoms with van der Waals surface area (Å²) in [4.78, 5) is 23.9. The monoisotopic (exact) mass is 517 g/mol. The fourth-order valence-corrected chi connectivity index (χ4v) is 3.67. The van der Waals surface area contributed by atoms with Crippen molar-refractivity contribution in [3.05, 3.63) is 71.4 Å². The van der Waals surface area contributed by atoms with Crippen LogP contribution in [-0.4, -0.2) is 34.4 Å². The van der Waals surface area contributed by atoms with E-state index in [4.69, 9.17) is 5.11 Å². The lowest BCUT2D eigenvalue weighted by molar-refractivity contribution is -0.156. The number of allylic oxidation sites excluding steroid dienone is 1. The van der Waals surface area contributed by atoms with Gasteiger partial charge in [-0.05, 0) is 61.9 Å². The number of aliphatic carboxylic acids is 1. The Bertz CT molecular complexity index is 1220. The highest BCUT2D eigenvalue weighted by atomic mass is 19.4. The summed E-state index contributed by atoms with van der Waals surface area (Å²) in [6, 6.07) is 11.7. The van der Waals surface area contributed by atoms with Crippen molar-refractivity contribution < 1.29 is 32.3 Å². The molecule has 0 radical (unpaired) electrons. The molecule has 0 unspecified atom stereocenters. The molecule has 1 fully saturated rings. The van der Waals surface area contributed by atoms with Crippen LogP contribution in [0, 0.1) is 11.3 Å². The van der Waals surface area contributed by atoms with Gasteiger partial charge >= 0.3 is 12.1 Å². The average Bonchev–Trinajstić information content (AvgIpc) is 3.59. The van der Waals surface area contributed by atoms with Crippen molar-refractivity contribution in [1.82, 2.24) is 10.6 Å². The first-order valence-electron chi connectivity index (χ1n) is 11.6. The van der Waals surface area contributed by atoms with Crippen molar-refractivity contribution in [2.24, 2.45) is 0 Å². The summed E-state index contributed by atoms with van der Waals surface area (Å²) >= 11 is 0. The first-order valence-corrected chi connectivity index (χ1v) is 11.6. The molecule has 196 valence electrons. The van der Waals surface area contributed by atoms with Crippen molar-refractivity contribution in [2.45, 2.75) is 63.0 Å². The fourth-order valence-electron chi connectivity index (χ4n) is 3.67. The van der Waals surface area contributed by atoms with Crippen LogP contribution in [0.2, 0.25) is 0 Å². The maximum Gasteiger partial charge on any atom is 0.412 e. The van der Waals surface area contributed by atoms with E-state index in [0.29, 0.717) is 29.5 Å². The molecule has 0 aromatic heterocycles. The molecule has 1 aliphatic rings. The summed E-state index contributed by atoms with van der Waals surface area (Å²) in [6.45, 7) is 3.74. The lowest BCUT2D eigenvalue weighted by atomic mass is 9.96. The van der Waals surface area contributed by atoms with E-state index in [2.05, 4.69) is 10.6 Å². The number of carboxylic acid groups (broad SMARTS) is 1. The zero-order valence-electron chi connectivity index (χ0n) is 20.5. The third-order valence-corrected chi connectivity index (χ3v) is 6.03. The number of carboxylic acids is 1. The summed E-state index contributed by atoms with van der Waals surface area (Å²) in [7, 11) is 0. The van der Waals surface area contributed by atoms with E-state index in [1.54, 1.807) is 31.2 Å². The van der Waals surface area contributed by atoms with Gasteiger partial charge in [-0.15, -0.1) is 0 Å².